The van der Waals surface area contributed by atoms with Crippen LogP contribution in [0.5, 0.6) is 0 Å². The van der Waals surface area contributed by atoms with Crippen LogP contribution in [0.1, 0.15) is 30.9 Å². The van der Waals surface area contributed by atoms with Gasteiger partial charge in [0.2, 0.25) is 0 Å². The molecule has 0 radical (unpaired) electrons. The summed E-state index contributed by atoms with van der Waals surface area (Å²) < 4.78 is 7.66. The third-order valence-corrected chi connectivity index (χ3v) is 2.79. The first-order chi connectivity index (χ1) is 8.25. The molecule has 0 aromatic carbocycles. The first-order valence-electron chi connectivity index (χ1n) is 6.01. The van der Waals surface area contributed by atoms with Gasteiger partial charge in [-0.3, -0.25) is 0 Å². The summed E-state index contributed by atoms with van der Waals surface area (Å²) in [4.78, 5) is 4.01. The van der Waals surface area contributed by atoms with Gasteiger partial charge in [0.15, 0.2) is 0 Å². The summed E-state index contributed by atoms with van der Waals surface area (Å²) in [5.41, 5.74) is 0. The van der Waals surface area contributed by atoms with Crippen LogP contribution in [0.2, 0.25) is 0 Å². The Balaban J connectivity index is 1.68. The van der Waals surface area contributed by atoms with E-state index in [1.54, 1.807) is 0 Å². The maximum atomic E-state index is 5.57. The summed E-state index contributed by atoms with van der Waals surface area (Å²) in [7, 11) is 0. The minimum atomic E-state index is 0.270. The zero-order valence-corrected chi connectivity index (χ0v) is 10.4. The molecule has 1 atom stereocenters. The summed E-state index contributed by atoms with van der Waals surface area (Å²) in [6.45, 7) is 6.06. The second-order valence-electron chi connectivity index (χ2n) is 4.28. The first-order valence-corrected chi connectivity index (χ1v) is 6.01. The Bertz CT molecular complexity index is 433. The number of aromatic nitrogens is 2. The van der Waals surface area contributed by atoms with E-state index in [4.69, 9.17) is 4.42 Å². The third kappa shape index (κ3) is 3.46. The van der Waals surface area contributed by atoms with Crippen molar-refractivity contribution in [2.45, 2.75) is 32.9 Å². The Kier molecular flexibility index (Phi) is 3.98. The summed E-state index contributed by atoms with van der Waals surface area (Å²) in [6.07, 6.45) is 6.72. The first kappa shape index (κ1) is 11.9. The number of hydrogen-bond donors (Lipinski definition) is 1. The molecule has 0 aliphatic rings. The van der Waals surface area contributed by atoms with Gasteiger partial charge in [0.25, 0.3) is 0 Å². The molecule has 0 fully saturated rings. The molecule has 2 heterocycles. The Hall–Kier alpha value is -1.55. The number of nitrogens with zero attached hydrogens (tertiary/aromatic N) is 2. The van der Waals surface area contributed by atoms with Gasteiger partial charge in [0, 0.05) is 18.9 Å². The van der Waals surface area contributed by atoms with Gasteiger partial charge in [-0.15, -0.1) is 0 Å². The highest BCUT2D eigenvalue weighted by Gasteiger charge is 2.07. The molecule has 4 heteroatoms. The van der Waals surface area contributed by atoms with Crippen LogP contribution >= 0.6 is 0 Å². The smallest absolute Gasteiger partial charge is 0.120 e. The topological polar surface area (TPSA) is 43.0 Å². The van der Waals surface area contributed by atoms with E-state index in [1.807, 2.05) is 37.8 Å². The predicted octanol–water partition coefficient (Wildman–Crippen LogP) is 2.53. The summed E-state index contributed by atoms with van der Waals surface area (Å²) >= 11 is 0. The van der Waals surface area contributed by atoms with Crippen molar-refractivity contribution in [2.75, 3.05) is 6.54 Å². The van der Waals surface area contributed by atoms with Crippen LogP contribution in [0, 0.1) is 6.92 Å². The highest BCUT2D eigenvalue weighted by molar-refractivity contribution is 5.08. The number of aryl methyl sites for hydroxylation is 2. The van der Waals surface area contributed by atoms with E-state index in [-0.39, 0.29) is 6.04 Å². The van der Waals surface area contributed by atoms with Crippen LogP contribution < -0.4 is 5.32 Å². The fraction of sp³-hybridized carbons (Fsp3) is 0.462. The zero-order chi connectivity index (χ0) is 12.1. The second kappa shape index (κ2) is 5.68. The van der Waals surface area contributed by atoms with E-state index >= 15 is 0 Å². The Morgan fingerprint density at radius 2 is 2.35 bits per heavy atom. The van der Waals surface area contributed by atoms with E-state index in [9.17, 15) is 0 Å². The van der Waals surface area contributed by atoms with Gasteiger partial charge in [-0.05, 0) is 38.9 Å². The SMILES string of the molecule is Cc1ccc(C(C)NCCCn2ccnc2)o1. The summed E-state index contributed by atoms with van der Waals surface area (Å²) in [5, 5.41) is 3.45. The molecule has 0 saturated carbocycles. The summed E-state index contributed by atoms with van der Waals surface area (Å²) in [5.74, 6) is 1.97. The molecular weight excluding hydrogens is 214 g/mol. The molecule has 2 aromatic heterocycles. The van der Waals surface area contributed by atoms with Crippen molar-refractivity contribution < 1.29 is 4.42 Å². The quantitative estimate of drug-likeness (QED) is 0.780. The molecule has 1 unspecified atom stereocenters. The lowest BCUT2D eigenvalue weighted by Crippen LogP contribution is -2.20. The van der Waals surface area contributed by atoms with Gasteiger partial charge in [-0.1, -0.05) is 0 Å². The van der Waals surface area contributed by atoms with Gasteiger partial charge in [-0.2, -0.15) is 0 Å². The molecule has 17 heavy (non-hydrogen) atoms. The predicted molar refractivity (Wildman–Crippen MR) is 66.7 cm³/mol. The highest BCUT2D eigenvalue weighted by atomic mass is 16.3. The highest BCUT2D eigenvalue weighted by Crippen LogP contribution is 2.15. The van der Waals surface area contributed by atoms with Crippen molar-refractivity contribution in [1.29, 1.82) is 0 Å². The lowest BCUT2D eigenvalue weighted by molar-refractivity contribution is 0.411. The number of nitrogens with one attached hydrogen (secondary N) is 1. The maximum absolute atomic E-state index is 5.57. The largest absolute Gasteiger partial charge is 0.465 e. The minimum absolute atomic E-state index is 0.270. The minimum Gasteiger partial charge on any atom is -0.465 e. The fourth-order valence-corrected chi connectivity index (χ4v) is 1.79. The van der Waals surface area contributed by atoms with Crippen molar-refractivity contribution in [3.63, 3.8) is 0 Å². The second-order valence-corrected chi connectivity index (χ2v) is 4.28. The molecule has 0 amide bonds. The molecule has 0 bridgehead atoms. The van der Waals surface area contributed by atoms with Gasteiger partial charge < -0.3 is 14.3 Å². The average Bonchev–Trinajstić information content (AvgIpc) is 2.95. The average molecular weight is 233 g/mol. The number of hydrogen-bond acceptors (Lipinski definition) is 3. The number of imidazole rings is 1. The van der Waals surface area contributed by atoms with Gasteiger partial charge in [0.05, 0.1) is 12.4 Å². The molecule has 0 saturated heterocycles. The molecular formula is C13H19N3O. The zero-order valence-electron chi connectivity index (χ0n) is 10.4. The van der Waals surface area contributed by atoms with Crippen LogP contribution in [0.25, 0.3) is 0 Å². The maximum Gasteiger partial charge on any atom is 0.120 e. The monoisotopic (exact) mass is 233 g/mol. The molecule has 0 spiro atoms. The molecule has 92 valence electrons. The van der Waals surface area contributed by atoms with Crippen LogP contribution in [-0.2, 0) is 6.54 Å². The van der Waals surface area contributed by atoms with E-state index in [2.05, 4.69) is 21.8 Å². The number of furan rings is 1. The Morgan fingerprint density at radius 3 is 3.00 bits per heavy atom. The lowest BCUT2D eigenvalue weighted by atomic mass is 10.2. The van der Waals surface area contributed by atoms with Crippen molar-refractivity contribution in [3.8, 4) is 0 Å². The van der Waals surface area contributed by atoms with Gasteiger partial charge in [-0.25, -0.2) is 4.98 Å². The summed E-state index contributed by atoms with van der Waals surface area (Å²) in [6, 6.07) is 4.30. The van der Waals surface area contributed by atoms with Crippen molar-refractivity contribution in [1.82, 2.24) is 14.9 Å². The van der Waals surface area contributed by atoms with Gasteiger partial charge >= 0.3 is 0 Å². The van der Waals surface area contributed by atoms with Crippen LogP contribution in [0.3, 0.4) is 0 Å². The van der Waals surface area contributed by atoms with Crippen molar-refractivity contribution in [3.05, 3.63) is 42.4 Å². The normalized spacial score (nSPS) is 12.8. The Morgan fingerprint density at radius 1 is 1.47 bits per heavy atom. The van der Waals surface area contributed by atoms with Crippen molar-refractivity contribution >= 4 is 0 Å². The van der Waals surface area contributed by atoms with Crippen LogP contribution in [-0.4, -0.2) is 16.1 Å². The van der Waals surface area contributed by atoms with E-state index in [0.717, 1.165) is 31.0 Å². The number of rotatable bonds is 6. The standard InChI is InChI=1S/C13H19N3O/c1-11-4-5-13(17-11)12(2)15-6-3-8-16-9-7-14-10-16/h4-5,7,9-10,12,15H,3,6,8H2,1-2H3. The van der Waals surface area contributed by atoms with E-state index < -0.39 is 0 Å². The van der Waals surface area contributed by atoms with Crippen molar-refractivity contribution in [2.24, 2.45) is 0 Å². The third-order valence-electron chi connectivity index (χ3n) is 2.79. The molecule has 2 aromatic rings. The molecule has 2 rings (SSSR count). The molecule has 0 aliphatic carbocycles. The molecule has 1 N–H and O–H groups in total. The fourth-order valence-electron chi connectivity index (χ4n) is 1.79. The lowest BCUT2D eigenvalue weighted by Gasteiger charge is -2.11. The van der Waals surface area contributed by atoms with Crippen LogP contribution in [0.15, 0.2) is 35.3 Å². The van der Waals surface area contributed by atoms with E-state index in [1.165, 1.54) is 0 Å². The van der Waals surface area contributed by atoms with E-state index in [0.29, 0.717) is 0 Å². The molecule has 4 nitrogen and oxygen atoms in total. The van der Waals surface area contributed by atoms with Crippen LogP contribution in [0.4, 0.5) is 0 Å². The van der Waals surface area contributed by atoms with Gasteiger partial charge in [0.1, 0.15) is 11.5 Å². The molecule has 0 aliphatic heterocycles. The Labute approximate surface area is 102 Å².